The molecule has 4 heteroatoms. The van der Waals surface area contributed by atoms with Gasteiger partial charge in [-0.15, -0.1) is 0 Å². The van der Waals surface area contributed by atoms with Gasteiger partial charge in [0, 0.05) is 0 Å². The van der Waals surface area contributed by atoms with E-state index in [4.69, 9.17) is 4.74 Å². The Balaban J connectivity index is 1.33. The van der Waals surface area contributed by atoms with Gasteiger partial charge in [0.2, 0.25) is 0 Å². The molecule has 0 aromatic heterocycles. The fourth-order valence-electron chi connectivity index (χ4n) is 10.4. The fourth-order valence-corrected chi connectivity index (χ4v) is 10.4. The summed E-state index contributed by atoms with van der Waals surface area (Å²) < 4.78 is 4.97. The number of benzene rings is 1. The molecule has 0 amide bonds. The van der Waals surface area contributed by atoms with Crippen LogP contribution in [-0.4, -0.2) is 35.5 Å². The van der Waals surface area contributed by atoms with E-state index in [1.165, 1.54) is 32.8 Å². The number of hydrogen-bond donors (Lipinski definition) is 2. The van der Waals surface area contributed by atoms with Crippen LogP contribution < -0.4 is 0 Å². The van der Waals surface area contributed by atoms with Crippen molar-refractivity contribution in [3.63, 3.8) is 0 Å². The van der Waals surface area contributed by atoms with E-state index in [0.29, 0.717) is 47.0 Å². The van der Waals surface area contributed by atoms with E-state index in [-0.39, 0.29) is 29.0 Å². The topological polar surface area (TPSA) is 66.8 Å². The molecule has 0 bridgehead atoms. The molecule has 1 aromatic rings. The highest BCUT2D eigenvalue weighted by atomic mass is 16.5. The zero-order valence-corrected chi connectivity index (χ0v) is 24.2. The minimum atomic E-state index is -0.291. The third kappa shape index (κ3) is 4.48. The molecule has 0 spiro atoms. The predicted octanol–water partition coefficient (Wildman–Crippen LogP) is 7.14. The highest BCUT2D eigenvalue weighted by Gasteiger charge is 2.64. The molecule has 0 heterocycles. The number of methoxy groups -OCH3 is 1. The quantitative estimate of drug-likeness (QED) is 0.390. The average molecular weight is 523 g/mol. The van der Waals surface area contributed by atoms with Gasteiger partial charge in [-0.2, -0.15) is 0 Å². The molecular weight excluding hydrogens is 472 g/mol. The van der Waals surface area contributed by atoms with E-state index < -0.39 is 0 Å². The lowest BCUT2D eigenvalue weighted by Gasteiger charge is -2.64. The van der Waals surface area contributed by atoms with Crippen molar-refractivity contribution in [2.75, 3.05) is 7.11 Å². The van der Waals surface area contributed by atoms with Gasteiger partial charge in [-0.05, 0) is 115 Å². The van der Waals surface area contributed by atoms with Gasteiger partial charge in [0.25, 0.3) is 0 Å². The minimum absolute atomic E-state index is 0.191. The smallest absolute Gasteiger partial charge is 0.338 e. The number of esters is 1. The zero-order chi connectivity index (χ0) is 27.2. The van der Waals surface area contributed by atoms with E-state index in [9.17, 15) is 15.0 Å². The summed E-state index contributed by atoms with van der Waals surface area (Å²) in [5.74, 6) is 3.25. The number of aliphatic hydroxyl groups is 2. The largest absolute Gasteiger partial charge is 0.465 e. The van der Waals surface area contributed by atoms with Crippen LogP contribution in [-0.2, 0) is 4.74 Å². The van der Waals surface area contributed by atoms with Crippen LogP contribution in [0.25, 0.3) is 6.08 Å². The van der Waals surface area contributed by atoms with Crippen molar-refractivity contribution in [3.8, 4) is 0 Å². The summed E-state index contributed by atoms with van der Waals surface area (Å²) in [6, 6.07) is 7.65. The van der Waals surface area contributed by atoms with E-state index >= 15 is 0 Å². The van der Waals surface area contributed by atoms with Gasteiger partial charge in [0.05, 0.1) is 24.9 Å². The zero-order valence-electron chi connectivity index (χ0n) is 24.2. The summed E-state index contributed by atoms with van der Waals surface area (Å²) in [5, 5.41) is 22.5. The maximum atomic E-state index is 12.2. The molecule has 0 aliphatic heterocycles. The first kappa shape index (κ1) is 27.9. The molecule has 11 atom stereocenters. The summed E-state index contributed by atoms with van der Waals surface area (Å²) in [4.78, 5) is 12.2. The third-order valence-electron chi connectivity index (χ3n) is 12.3. The van der Waals surface area contributed by atoms with Crippen LogP contribution in [0, 0.1) is 52.3 Å². The Morgan fingerprint density at radius 2 is 1.76 bits per heavy atom. The van der Waals surface area contributed by atoms with Gasteiger partial charge in [-0.1, -0.05) is 64.5 Å². The maximum absolute atomic E-state index is 12.2. The third-order valence-corrected chi connectivity index (χ3v) is 12.3. The Morgan fingerprint density at radius 3 is 2.50 bits per heavy atom. The lowest BCUT2D eigenvalue weighted by atomic mass is 9.41. The summed E-state index contributed by atoms with van der Waals surface area (Å²) in [5.41, 5.74) is 2.06. The summed E-state index contributed by atoms with van der Waals surface area (Å²) >= 11 is 0. The number of carbonyl (C=O) groups is 1. The molecule has 1 aromatic carbocycles. The fraction of sp³-hybridized carbons (Fsp3) is 0.735. The second kappa shape index (κ2) is 10.7. The second-order valence-corrected chi connectivity index (χ2v) is 13.8. The van der Waals surface area contributed by atoms with Crippen molar-refractivity contribution in [1.29, 1.82) is 0 Å². The van der Waals surface area contributed by atoms with Crippen molar-refractivity contribution in [2.24, 2.45) is 52.3 Å². The van der Waals surface area contributed by atoms with Crippen LogP contribution in [0.2, 0.25) is 0 Å². The number of fused-ring (bicyclic) bond motifs is 5. The number of allylic oxidation sites excluding steroid dienone is 1. The lowest BCUT2D eigenvalue weighted by molar-refractivity contribution is -0.203. The van der Waals surface area contributed by atoms with Crippen molar-refractivity contribution < 1.29 is 19.7 Å². The van der Waals surface area contributed by atoms with Gasteiger partial charge in [-0.25, -0.2) is 4.79 Å². The van der Waals surface area contributed by atoms with Crippen LogP contribution in [0.5, 0.6) is 0 Å². The van der Waals surface area contributed by atoms with E-state index in [1.807, 2.05) is 24.3 Å². The standard InChI is InChI=1S/C34H50O4/c1-6-24-29-20-23(35)16-18-34(29,4)28-17-19-33(3)26(14-15-27(33)30(28)31(24)36)21(2)10-9-12-22-11-7-8-13-25(22)32(37)38-5/h7-9,11-13,21,23-24,26-31,35-36H,6,10,14-20H2,1-5H3/b12-9+/t21-,23-,24-,26-,27?,28?,29+,30?,31?,33-,34-/m1/s1. The van der Waals surface area contributed by atoms with Crippen molar-refractivity contribution in [3.05, 3.63) is 41.5 Å². The SMILES string of the molecule is CC[C@H]1C(O)C2C3CC[C@H]([C@H](C)C/C=C/c4ccccc4C(=O)OC)[C@@]3(C)CCC2[C@@]2(C)CC[C@@H](O)C[C@@H]12. The van der Waals surface area contributed by atoms with Gasteiger partial charge >= 0.3 is 5.97 Å². The lowest BCUT2D eigenvalue weighted by Crippen LogP contribution is -2.62. The molecule has 4 fully saturated rings. The number of aliphatic hydroxyl groups excluding tert-OH is 2. The first-order valence-electron chi connectivity index (χ1n) is 15.4. The predicted molar refractivity (Wildman–Crippen MR) is 152 cm³/mol. The summed E-state index contributed by atoms with van der Waals surface area (Å²) in [6.07, 6.45) is 13.8. The minimum Gasteiger partial charge on any atom is -0.465 e. The summed E-state index contributed by atoms with van der Waals surface area (Å²) in [6.45, 7) is 9.73. The first-order chi connectivity index (χ1) is 18.2. The van der Waals surface area contributed by atoms with Crippen LogP contribution >= 0.6 is 0 Å². The maximum Gasteiger partial charge on any atom is 0.338 e. The average Bonchev–Trinajstić information content (AvgIpc) is 3.27. The van der Waals surface area contributed by atoms with Crippen LogP contribution in [0.15, 0.2) is 30.3 Å². The highest BCUT2D eigenvalue weighted by molar-refractivity contribution is 5.93. The second-order valence-electron chi connectivity index (χ2n) is 13.8. The van der Waals surface area contributed by atoms with Gasteiger partial charge < -0.3 is 14.9 Å². The normalized spacial score (nSPS) is 43.2. The highest BCUT2D eigenvalue weighted by Crippen LogP contribution is 2.69. The molecule has 4 nitrogen and oxygen atoms in total. The Bertz CT molecular complexity index is 1030. The molecule has 210 valence electrons. The van der Waals surface area contributed by atoms with E-state index in [1.54, 1.807) is 0 Å². The molecule has 4 unspecified atom stereocenters. The van der Waals surface area contributed by atoms with Gasteiger partial charge in [-0.3, -0.25) is 0 Å². The first-order valence-corrected chi connectivity index (χ1v) is 15.4. The van der Waals surface area contributed by atoms with Crippen molar-refractivity contribution in [1.82, 2.24) is 0 Å². The van der Waals surface area contributed by atoms with E-state index in [0.717, 1.165) is 37.7 Å². The number of carbonyl (C=O) groups excluding carboxylic acids is 1. The Hall–Kier alpha value is -1.65. The molecule has 0 saturated heterocycles. The monoisotopic (exact) mass is 522 g/mol. The Kier molecular flexibility index (Phi) is 7.88. The summed E-state index contributed by atoms with van der Waals surface area (Å²) in [7, 11) is 1.43. The van der Waals surface area contributed by atoms with E-state index in [2.05, 4.69) is 39.8 Å². The molecule has 5 rings (SSSR count). The van der Waals surface area contributed by atoms with Gasteiger partial charge in [0.15, 0.2) is 0 Å². The van der Waals surface area contributed by atoms with Gasteiger partial charge in [0.1, 0.15) is 0 Å². The number of rotatable bonds is 6. The molecule has 4 aliphatic rings. The van der Waals surface area contributed by atoms with Crippen molar-refractivity contribution in [2.45, 2.75) is 97.7 Å². The number of hydrogen-bond acceptors (Lipinski definition) is 4. The molecule has 4 saturated carbocycles. The Morgan fingerprint density at radius 1 is 1.05 bits per heavy atom. The molecule has 0 radical (unpaired) electrons. The van der Waals surface area contributed by atoms with Crippen LogP contribution in [0.3, 0.4) is 0 Å². The molecule has 2 N–H and O–H groups in total. The van der Waals surface area contributed by atoms with Crippen LogP contribution in [0.4, 0.5) is 0 Å². The van der Waals surface area contributed by atoms with Crippen molar-refractivity contribution >= 4 is 12.0 Å². The Labute approximate surface area is 230 Å². The molecule has 38 heavy (non-hydrogen) atoms. The van der Waals surface area contributed by atoms with Crippen LogP contribution in [0.1, 0.15) is 101 Å². The number of ether oxygens (including phenoxy) is 1. The molecular formula is C34H50O4. The molecule has 4 aliphatic carbocycles.